The maximum atomic E-state index is 11.1. The SMILES string of the molecule is COC(=O)C(C)Sc1ccc(N)nc1. The third-order valence-corrected chi connectivity index (χ3v) is 2.66. The summed E-state index contributed by atoms with van der Waals surface area (Å²) in [6.45, 7) is 1.78. The first-order valence-corrected chi connectivity index (χ1v) is 4.97. The van der Waals surface area contributed by atoms with Gasteiger partial charge in [0.15, 0.2) is 0 Å². The minimum atomic E-state index is -0.244. The number of hydrogen-bond donors (Lipinski definition) is 1. The molecule has 0 aliphatic rings. The smallest absolute Gasteiger partial charge is 0.318 e. The summed E-state index contributed by atoms with van der Waals surface area (Å²) in [4.78, 5) is 15.9. The molecule has 0 bridgehead atoms. The fourth-order valence-corrected chi connectivity index (χ4v) is 1.74. The van der Waals surface area contributed by atoms with Crippen molar-refractivity contribution in [2.24, 2.45) is 0 Å². The lowest BCUT2D eigenvalue weighted by molar-refractivity contribution is -0.139. The second-order valence-corrected chi connectivity index (χ2v) is 4.12. The first-order chi connectivity index (χ1) is 6.63. The van der Waals surface area contributed by atoms with Crippen LogP contribution in [-0.4, -0.2) is 23.3 Å². The number of carbonyl (C=O) groups excluding carboxylic acids is 1. The van der Waals surface area contributed by atoms with Crippen molar-refractivity contribution in [3.8, 4) is 0 Å². The maximum Gasteiger partial charge on any atom is 0.318 e. The molecule has 0 radical (unpaired) electrons. The molecule has 14 heavy (non-hydrogen) atoms. The Morgan fingerprint density at radius 3 is 2.86 bits per heavy atom. The van der Waals surface area contributed by atoms with Crippen molar-refractivity contribution in [2.45, 2.75) is 17.1 Å². The molecule has 1 rings (SSSR count). The summed E-state index contributed by atoms with van der Waals surface area (Å²) in [5.74, 6) is 0.229. The zero-order valence-electron chi connectivity index (χ0n) is 8.06. The van der Waals surface area contributed by atoms with Gasteiger partial charge in [-0.3, -0.25) is 4.79 Å². The Bertz CT molecular complexity index is 313. The largest absolute Gasteiger partial charge is 0.468 e. The average Bonchev–Trinajstić information content (AvgIpc) is 2.20. The highest BCUT2D eigenvalue weighted by atomic mass is 32.2. The summed E-state index contributed by atoms with van der Waals surface area (Å²) in [7, 11) is 1.38. The topological polar surface area (TPSA) is 65.2 Å². The predicted molar refractivity (Wildman–Crippen MR) is 56.0 cm³/mol. The van der Waals surface area contributed by atoms with Gasteiger partial charge in [0.2, 0.25) is 0 Å². The highest BCUT2D eigenvalue weighted by Crippen LogP contribution is 2.23. The van der Waals surface area contributed by atoms with Gasteiger partial charge in [-0.1, -0.05) is 0 Å². The molecular formula is C9H12N2O2S. The molecule has 0 fully saturated rings. The van der Waals surface area contributed by atoms with Crippen molar-refractivity contribution in [3.63, 3.8) is 0 Å². The molecule has 1 aromatic heterocycles. The van der Waals surface area contributed by atoms with Crippen LogP contribution in [0, 0.1) is 0 Å². The predicted octanol–water partition coefficient (Wildman–Crippen LogP) is 1.32. The lowest BCUT2D eigenvalue weighted by atomic mass is 10.5. The van der Waals surface area contributed by atoms with Crippen molar-refractivity contribution in [2.75, 3.05) is 12.8 Å². The molecule has 1 atom stereocenters. The van der Waals surface area contributed by atoms with E-state index in [1.165, 1.54) is 18.9 Å². The number of hydrogen-bond acceptors (Lipinski definition) is 5. The molecule has 1 heterocycles. The van der Waals surface area contributed by atoms with Crippen LogP contribution in [0.3, 0.4) is 0 Å². The Labute approximate surface area is 86.8 Å². The molecule has 2 N–H and O–H groups in total. The fraction of sp³-hybridized carbons (Fsp3) is 0.333. The summed E-state index contributed by atoms with van der Waals surface area (Å²) in [6.07, 6.45) is 1.64. The summed E-state index contributed by atoms with van der Waals surface area (Å²) in [6, 6.07) is 3.53. The van der Waals surface area contributed by atoms with Crippen LogP contribution in [0.4, 0.5) is 5.82 Å². The number of anilines is 1. The summed E-state index contributed by atoms with van der Waals surface area (Å²) >= 11 is 1.39. The molecule has 1 aromatic rings. The molecule has 0 aliphatic heterocycles. The molecule has 0 spiro atoms. The highest BCUT2D eigenvalue weighted by Gasteiger charge is 2.14. The van der Waals surface area contributed by atoms with E-state index in [9.17, 15) is 4.79 Å². The standard InChI is InChI=1S/C9H12N2O2S/c1-6(9(12)13-2)14-7-3-4-8(10)11-5-7/h3-6H,1-2H3,(H2,10,11). The van der Waals surface area contributed by atoms with Gasteiger partial charge in [-0.05, 0) is 19.1 Å². The van der Waals surface area contributed by atoms with Crippen LogP contribution < -0.4 is 5.73 Å². The van der Waals surface area contributed by atoms with E-state index in [1.54, 1.807) is 19.2 Å². The molecule has 76 valence electrons. The second kappa shape index (κ2) is 4.85. The minimum absolute atomic E-state index is 0.231. The quantitative estimate of drug-likeness (QED) is 0.604. The Morgan fingerprint density at radius 1 is 1.64 bits per heavy atom. The monoisotopic (exact) mass is 212 g/mol. The minimum Gasteiger partial charge on any atom is -0.468 e. The number of aromatic nitrogens is 1. The zero-order chi connectivity index (χ0) is 10.6. The van der Waals surface area contributed by atoms with Gasteiger partial charge in [0, 0.05) is 11.1 Å². The van der Waals surface area contributed by atoms with E-state index in [4.69, 9.17) is 5.73 Å². The summed E-state index contributed by atoms with van der Waals surface area (Å²) in [5, 5.41) is -0.231. The molecule has 1 unspecified atom stereocenters. The molecule has 5 heteroatoms. The van der Waals surface area contributed by atoms with Crippen LogP contribution in [0.15, 0.2) is 23.2 Å². The van der Waals surface area contributed by atoms with Crippen LogP contribution in [0.2, 0.25) is 0 Å². The van der Waals surface area contributed by atoms with Crippen molar-refractivity contribution >= 4 is 23.5 Å². The second-order valence-electron chi connectivity index (χ2n) is 2.70. The number of methoxy groups -OCH3 is 1. The van der Waals surface area contributed by atoms with Crippen molar-refractivity contribution in [1.82, 2.24) is 4.98 Å². The first-order valence-electron chi connectivity index (χ1n) is 4.09. The van der Waals surface area contributed by atoms with Crippen LogP contribution in [0.1, 0.15) is 6.92 Å². The van der Waals surface area contributed by atoms with Gasteiger partial charge in [-0.15, -0.1) is 11.8 Å². The van der Waals surface area contributed by atoms with Gasteiger partial charge in [0.1, 0.15) is 11.1 Å². The van der Waals surface area contributed by atoms with E-state index in [1.807, 2.05) is 6.07 Å². The third kappa shape index (κ3) is 2.92. The number of pyridine rings is 1. The van der Waals surface area contributed by atoms with E-state index >= 15 is 0 Å². The van der Waals surface area contributed by atoms with Crippen LogP contribution in [-0.2, 0) is 9.53 Å². The number of esters is 1. The van der Waals surface area contributed by atoms with Gasteiger partial charge >= 0.3 is 5.97 Å². The molecule has 0 amide bonds. The number of carbonyl (C=O) groups is 1. The number of nitrogens with two attached hydrogens (primary N) is 1. The van der Waals surface area contributed by atoms with Gasteiger partial charge in [0.05, 0.1) is 7.11 Å². The number of ether oxygens (including phenoxy) is 1. The summed E-state index contributed by atoms with van der Waals surface area (Å²) < 4.78 is 4.60. The fourth-order valence-electron chi connectivity index (χ4n) is 0.880. The molecule has 0 saturated heterocycles. The molecular weight excluding hydrogens is 200 g/mol. The van der Waals surface area contributed by atoms with Gasteiger partial charge < -0.3 is 10.5 Å². The van der Waals surface area contributed by atoms with E-state index in [-0.39, 0.29) is 11.2 Å². The number of rotatable bonds is 3. The van der Waals surface area contributed by atoms with Crippen molar-refractivity contribution in [3.05, 3.63) is 18.3 Å². The van der Waals surface area contributed by atoms with Crippen LogP contribution in [0.25, 0.3) is 0 Å². The van der Waals surface area contributed by atoms with Crippen molar-refractivity contribution in [1.29, 1.82) is 0 Å². The highest BCUT2D eigenvalue weighted by molar-refractivity contribution is 8.00. The van der Waals surface area contributed by atoms with Gasteiger partial charge in [-0.2, -0.15) is 0 Å². The van der Waals surface area contributed by atoms with Gasteiger partial charge in [-0.25, -0.2) is 4.98 Å². The number of nitrogen functional groups attached to an aromatic ring is 1. The van der Waals surface area contributed by atoms with Crippen LogP contribution in [0.5, 0.6) is 0 Å². The molecule has 0 aliphatic carbocycles. The summed E-state index contributed by atoms with van der Waals surface area (Å²) in [5.41, 5.74) is 5.43. The lowest BCUT2D eigenvalue weighted by Crippen LogP contribution is -2.14. The van der Waals surface area contributed by atoms with E-state index < -0.39 is 0 Å². The molecule has 4 nitrogen and oxygen atoms in total. The Kier molecular flexibility index (Phi) is 3.76. The Balaban J connectivity index is 2.60. The molecule has 0 saturated carbocycles. The van der Waals surface area contributed by atoms with Gasteiger partial charge in [0.25, 0.3) is 0 Å². The zero-order valence-corrected chi connectivity index (χ0v) is 8.88. The number of nitrogens with zero attached hydrogens (tertiary/aromatic N) is 1. The van der Waals surface area contributed by atoms with E-state index in [2.05, 4.69) is 9.72 Å². The number of thioether (sulfide) groups is 1. The Hall–Kier alpha value is -1.23. The average molecular weight is 212 g/mol. The third-order valence-electron chi connectivity index (χ3n) is 1.61. The van der Waals surface area contributed by atoms with E-state index in [0.29, 0.717) is 5.82 Å². The first kappa shape index (κ1) is 10.8. The normalized spacial score (nSPS) is 12.1. The van der Waals surface area contributed by atoms with E-state index in [0.717, 1.165) is 4.90 Å². The Morgan fingerprint density at radius 2 is 2.36 bits per heavy atom. The van der Waals surface area contributed by atoms with Crippen LogP contribution >= 0.6 is 11.8 Å². The lowest BCUT2D eigenvalue weighted by Gasteiger charge is -2.07. The van der Waals surface area contributed by atoms with Crippen molar-refractivity contribution < 1.29 is 9.53 Å². The molecule has 0 aromatic carbocycles. The maximum absolute atomic E-state index is 11.1.